The van der Waals surface area contributed by atoms with Crippen LogP contribution in [0.5, 0.6) is 5.75 Å². The molecule has 0 aliphatic heterocycles. The molecule has 1 rings (SSSR count). The fraction of sp³-hybridized carbons (Fsp3) is 0.364. The van der Waals surface area contributed by atoms with Crippen molar-refractivity contribution in [2.75, 3.05) is 13.2 Å². The molecule has 0 bridgehead atoms. The lowest BCUT2D eigenvalue weighted by molar-refractivity contribution is 0.111. The molecule has 1 atom stereocenters. The van der Waals surface area contributed by atoms with Gasteiger partial charge in [0.25, 0.3) is 0 Å². The summed E-state index contributed by atoms with van der Waals surface area (Å²) in [5.74, 6) is 0.613. The van der Waals surface area contributed by atoms with E-state index < -0.39 is 0 Å². The molecule has 0 saturated carbocycles. The Morgan fingerprint density at radius 3 is 2.93 bits per heavy atom. The topological polar surface area (TPSA) is 46.5 Å². The zero-order valence-electron chi connectivity index (χ0n) is 8.44. The molecule has 0 radical (unpaired) electrons. The molecule has 0 spiro atoms. The van der Waals surface area contributed by atoms with Crippen molar-refractivity contribution in [3.63, 3.8) is 0 Å². The van der Waals surface area contributed by atoms with Crippen LogP contribution in [0.2, 0.25) is 0 Å². The van der Waals surface area contributed by atoms with Gasteiger partial charge in [0.2, 0.25) is 0 Å². The fourth-order valence-corrected chi connectivity index (χ4v) is 1.41. The van der Waals surface area contributed by atoms with Gasteiger partial charge in [-0.1, -0.05) is 22.9 Å². The van der Waals surface area contributed by atoms with Crippen molar-refractivity contribution in [2.24, 2.45) is 5.92 Å². The Kier molecular flexibility index (Phi) is 4.78. The Morgan fingerprint density at radius 1 is 1.60 bits per heavy atom. The number of ether oxygens (including phenoxy) is 1. The summed E-state index contributed by atoms with van der Waals surface area (Å²) in [5, 5.41) is 8.83. The summed E-state index contributed by atoms with van der Waals surface area (Å²) in [6, 6.07) is 5.25. The van der Waals surface area contributed by atoms with Gasteiger partial charge >= 0.3 is 0 Å². The van der Waals surface area contributed by atoms with Gasteiger partial charge in [0.15, 0.2) is 6.29 Å². The number of carbonyl (C=O) groups is 1. The lowest BCUT2D eigenvalue weighted by atomic mass is 10.2. The van der Waals surface area contributed by atoms with Gasteiger partial charge in [0, 0.05) is 17.0 Å². The van der Waals surface area contributed by atoms with E-state index in [4.69, 9.17) is 9.84 Å². The predicted molar refractivity (Wildman–Crippen MR) is 61.3 cm³/mol. The maximum Gasteiger partial charge on any atom is 0.153 e. The summed E-state index contributed by atoms with van der Waals surface area (Å²) in [6.45, 7) is 2.35. The summed E-state index contributed by atoms with van der Waals surface area (Å²) in [7, 11) is 0. The summed E-state index contributed by atoms with van der Waals surface area (Å²) in [4.78, 5) is 10.7. The van der Waals surface area contributed by atoms with Crippen LogP contribution in [0.1, 0.15) is 17.3 Å². The van der Waals surface area contributed by atoms with Gasteiger partial charge in [-0.2, -0.15) is 0 Å². The van der Waals surface area contributed by atoms with E-state index in [0.717, 1.165) is 10.8 Å². The Hall–Kier alpha value is -0.870. The number of aliphatic hydroxyl groups is 1. The van der Waals surface area contributed by atoms with Crippen molar-refractivity contribution in [2.45, 2.75) is 6.92 Å². The van der Waals surface area contributed by atoms with E-state index in [-0.39, 0.29) is 12.5 Å². The molecule has 0 saturated heterocycles. The first-order chi connectivity index (χ1) is 7.17. The van der Waals surface area contributed by atoms with Crippen LogP contribution in [0.3, 0.4) is 0 Å². The Bertz CT molecular complexity index is 339. The largest absolute Gasteiger partial charge is 0.492 e. The van der Waals surface area contributed by atoms with E-state index in [1.165, 1.54) is 0 Å². The summed E-state index contributed by atoms with van der Waals surface area (Å²) < 4.78 is 6.26. The standard InChI is InChI=1S/C11H13BrO3/c1-8(5-13)7-15-11-3-2-10(12)4-9(11)6-14/h2-4,6,8,13H,5,7H2,1H3. The van der Waals surface area contributed by atoms with Gasteiger partial charge in [-0.05, 0) is 18.2 Å². The third kappa shape index (κ3) is 3.64. The minimum atomic E-state index is 0.0631. The molecule has 0 aliphatic rings. The first-order valence-electron chi connectivity index (χ1n) is 4.65. The number of aliphatic hydroxyl groups excluding tert-OH is 1. The molecule has 0 fully saturated rings. The third-order valence-electron chi connectivity index (χ3n) is 1.93. The van der Waals surface area contributed by atoms with Crippen molar-refractivity contribution >= 4 is 22.2 Å². The highest BCUT2D eigenvalue weighted by atomic mass is 79.9. The van der Waals surface area contributed by atoms with Crippen molar-refractivity contribution < 1.29 is 14.6 Å². The third-order valence-corrected chi connectivity index (χ3v) is 2.43. The molecule has 1 aromatic carbocycles. The van der Waals surface area contributed by atoms with Gasteiger partial charge < -0.3 is 9.84 Å². The van der Waals surface area contributed by atoms with Gasteiger partial charge in [0.05, 0.1) is 12.2 Å². The molecule has 3 nitrogen and oxygen atoms in total. The van der Waals surface area contributed by atoms with Crippen LogP contribution in [-0.4, -0.2) is 24.6 Å². The number of carbonyl (C=O) groups excluding carboxylic acids is 1. The molecule has 1 N–H and O–H groups in total. The van der Waals surface area contributed by atoms with E-state index in [0.29, 0.717) is 17.9 Å². The highest BCUT2D eigenvalue weighted by molar-refractivity contribution is 9.10. The van der Waals surface area contributed by atoms with E-state index >= 15 is 0 Å². The van der Waals surface area contributed by atoms with Crippen LogP contribution in [0.15, 0.2) is 22.7 Å². The van der Waals surface area contributed by atoms with Crippen molar-refractivity contribution in [3.8, 4) is 5.75 Å². The van der Waals surface area contributed by atoms with Gasteiger partial charge in [0.1, 0.15) is 5.75 Å². The molecule has 0 amide bonds. The average Bonchev–Trinajstić information content (AvgIpc) is 2.26. The van der Waals surface area contributed by atoms with E-state index in [1.54, 1.807) is 12.1 Å². The van der Waals surface area contributed by atoms with Crippen LogP contribution < -0.4 is 4.74 Å². The van der Waals surface area contributed by atoms with Crippen LogP contribution in [-0.2, 0) is 0 Å². The minimum absolute atomic E-state index is 0.0631. The van der Waals surface area contributed by atoms with Gasteiger partial charge in [-0.15, -0.1) is 0 Å². The van der Waals surface area contributed by atoms with Crippen LogP contribution in [0, 0.1) is 5.92 Å². The molecule has 15 heavy (non-hydrogen) atoms. The second-order valence-electron chi connectivity index (χ2n) is 3.40. The maximum absolute atomic E-state index is 10.7. The Labute approximate surface area is 97.2 Å². The molecule has 4 heteroatoms. The minimum Gasteiger partial charge on any atom is -0.492 e. The highest BCUT2D eigenvalue weighted by Gasteiger charge is 2.06. The molecule has 82 valence electrons. The Balaban J connectivity index is 2.72. The van der Waals surface area contributed by atoms with Crippen LogP contribution >= 0.6 is 15.9 Å². The summed E-state index contributed by atoms with van der Waals surface area (Å²) in [6.07, 6.45) is 0.754. The SMILES string of the molecule is CC(CO)COc1ccc(Br)cc1C=O. The van der Waals surface area contributed by atoms with E-state index in [1.807, 2.05) is 13.0 Å². The van der Waals surface area contributed by atoms with E-state index in [2.05, 4.69) is 15.9 Å². The zero-order chi connectivity index (χ0) is 11.3. The summed E-state index contributed by atoms with van der Waals surface area (Å²) in [5.41, 5.74) is 0.509. The monoisotopic (exact) mass is 272 g/mol. The quantitative estimate of drug-likeness (QED) is 0.837. The lowest BCUT2D eigenvalue weighted by Crippen LogP contribution is -2.12. The number of halogens is 1. The molecule has 1 aromatic rings. The summed E-state index contributed by atoms with van der Waals surface area (Å²) >= 11 is 3.28. The lowest BCUT2D eigenvalue weighted by Gasteiger charge is -2.11. The van der Waals surface area contributed by atoms with E-state index in [9.17, 15) is 4.79 Å². The zero-order valence-corrected chi connectivity index (χ0v) is 10.0. The molecule has 0 aromatic heterocycles. The smallest absolute Gasteiger partial charge is 0.153 e. The van der Waals surface area contributed by atoms with Crippen molar-refractivity contribution in [1.29, 1.82) is 0 Å². The highest BCUT2D eigenvalue weighted by Crippen LogP contribution is 2.22. The first kappa shape index (κ1) is 12.2. The fourth-order valence-electron chi connectivity index (χ4n) is 1.03. The first-order valence-corrected chi connectivity index (χ1v) is 5.45. The van der Waals surface area contributed by atoms with Crippen molar-refractivity contribution in [1.82, 2.24) is 0 Å². The molecule has 0 aliphatic carbocycles. The molecule has 1 unspecified atom stereocenters. The molecular weight excluding hydrogens is 260 g/mol. The normalized spacial score (nSPS) is 12.2. The second kappa shape index (κ2) is 5.88. The number of hydrogen-bond donors (Lipinski definition) is 1. The molecule has 0 heterocycles. The van der Waals surface area contributed by atoms with Crippen LogP contribution in [0.4, 0.5) is 0 Å². The van der Waals surface area contributed by atoms with Crippen molar-refractivity contribution in [3.05, 3.63) is 28.2 Å². The average molecular weight is 273 g/mol. The Morgan fingerprint density at radius 2 is 2.33 bits per heavy atom. The maximum atomic E-state index is 10.7. The van der Waals surface area contributed by atoms with Gasteiger partial charge in [-0.3, -0.25) is 4.79 Å². The molecular formula is C11H13BrO3. The number of benzene rings is 1. The number of rotatable bonds is 5. The predicted octanol–water partition coefficient (Wildman–Crippen LogP) is 2.27. The number of hydrogen-bond acceptors (Lipinski definition) is 3. The second-order valence-corrected chi connectivity index (χ2v) is 4.31. The van der Waals surface area contributed by atoms with Crippen LogP contribution in [0.25, 0.3) is 0 Å². The van der Waals surface area contributed by atoms with Gasteiger partial charge in [-0.25, -0.2) is 0 Å². The number of aldehydes is 1.